The molecular weight excluding hydrogens is 224 g/mol. The Bertz CT molecular complexity index is 309. The summed E-state index contributed by atoms with van der Waals surface area (Å²) >= 11 is 1.03. The number of para-hydroxylation sites is 1. The van der Waals surface area contributed by atoms with E-state index in [1.165, 1.54) is 6.42 Å². The van der Waals surface area contributed by atoms with Crippen LogP contribution in [0.15, 0.2) is 30.3 Å². The summed E-state index contributed by atoms with van der Waals surface area (Å²) < 4.78 is 5.03. The van der Waals surface area contributed by atoms with Crippen molar-refractivity contribution < 1.29 is 14.3 Å². The Kier molecular flexibility index (Phi) is 4.09. The highest BCUT2D eigenvalue weighted by Crippen LogP contribution is 2.38. The first-order valence-corrected chi connectivity index (χ1v) is 6.32. The molecule has 0 bridgehead atoms. The van der Waals surface area contributed by atoms with Crippen LogP contribution < -0.4 is 4.89 Å². The molecule has 1 N–H and O–H groups in total. The third-order valence-corrected chi connectivity index (χ3v) is 3.55. The van der Waals surface area contributed by atoms with E-state index in [0.29, 0.717) is 5.75 Å². The molecule has 88 valence electrons. The zero-order valence-electron chi connectivity index (χ0n) is 9.09. The molecule has 1 fully saturated rings. The van der Waals surface area contributed by atoms with E-state index in [0.717, 1.165) is 37.7 Å². The van der Waals surface area contributed by atoms with Crippen LogP contribution in [0.25, 0.3) is 0 Å². The summed E-state index contributed by atoms with van der Waals surface area (Å²) in [5.74, 6) is 0.648. The maximum absolute atomic E-state index is 10.1. The predicted octanol–water partition coefficient (Wildman–Crippen LogP) is 3.30. The predicted molar refractivity (Wildman–Crippen MR) is 63.8 cm³/mol. The van der Waals surface area contributed by atoms with Gasteiger partial charge in [-0.3, -0.25) is 0 Å². The van der Waals surface area contributed by atoms with Crippen LogP contribution in [-0.4, -0.2) is 10.0 Å². The van der Waals surface area contributed by atoms with E-state index in [9.17, 15) is 5.11 Å². The number of benzene rings is 1. The van der Waals surface area contributed by atoms with Gasteiger partial charge in [-0.25, -0.2) is 0 Å². The van der Waals surface area contributed by atoms with Crippen molar-refractivity contribution >= 4 is 12.0 Å². The summed E-state index contributed by atoms with van der Waals surface area (Å²) in [5, 5.41) is 10.1. The van der Waals surface area contributed by atoms with Gasteiger partial charge < -0.3 is 9.99 Å². The SMILES string of the molecule is OC1(SOOc2ccccc2)CCCCC1. The van der Waals surface area contributed by atoms with Gasteiger partial charge in [0.1, 0.15) is 4.93 Å². The molecule has 1 saturated carbocycles. The molecule has 0 radical (unpaired) electrons. The molecular formula is C12H16O3S. The molecule has 1 aliphatic carbocycles. The standard InChI is InChI=1S/C12H16O3S/c13-12(9-5-2-6-10-12)16-15-14-11-7-3-1-4-8-11/h1,3-4,7-8,13H,2,5-6,9-10H2. The second-order valence-electron chi connectivity index (χ2n) is 4.05. The molecule has 1 aromatic carbocycles. The highest BCUT2D eigenvalue weighted by molar-refractivity contribution is 7.95. The van der Waals surface area contributed by atoms with Crippen molar-refractivity contribution in [3.05, 3.63) is 30.3 Å². The van der Waals surface area contributed by atoms with Gasteiger partial charge in [0, 0.05) is 0 Å². The molecule has 1 aliphatic rings. The largest absolute Gasteiger partial charge is 0.377 e. The summed E-state index contributed by atoms with van der Waals surface area (Å²) in [5.41, 5.74) is 0. The highest BCUT2D eigenvalue weighted by atomic mass is 32.2. The van der Waals surface area contributed by atoms with Crippen LogP contribution in [0, 0.1) is 0 Å². The Morgan fingerprint density at radius 1 is 1.06 bits per heavy atom. The molecule has 4 heteroatoms. The lowest BCUT2D eigenvalue weighted by molar-refractivity contribution is -0.0869. The van der Waals surface area contributed by atoms with Crippen molar-refractivity contribution in [3.8, 4) is 5.75 Å². The fourth-order valence-corrected chi connectivity index (χ4v) is 2.48. The topological polar surface area (TPSA) is 38.7 Å². The lowest BCUT2D eigenvalue weighted by Gasteiger charge is -2.29. The third kappa shape index (κ3) is 3.40. The summed E-state index contributed by atoms with van der Waals surface area (Å²) in [7, 11) is 0. The Balaban J connectivity index is 1.75. The van der Waals surface area contributed by atoms with Crippen LogP contribution in [0.4, 0.5) is 0 Å². The van der Waals surface area contributed by atoms with Crippen molar-refractivity contribution in [2.75, 3.05) is 0 Å². The van der Waals surface area contributed by atoms with Gasteiger partial charge in [-0.1, -0.05) is 24.6 Å². The monoisotopic (exact) mass is 240 g/mol. The van der Waals surface area contributed by atoms with E-state index in [4.69, 9.17) is 9.22 Å². The Morgan fingerprint density at radius 3 is 2.44 bits per heavy atom. The molecule has 0 unspecified atom stereocenters. The first-order chi connectivity index (χ1) is 7.79. The van der Waals surface area contributed by atoms with Gasteiger partial charge in [-0.2, -0.15) is 0 Å². The van der Waals surface area contributed by atoms with E-state index in [-0.39, 0.29) is 0 Å². The highest BCUT2D eigenvalue weighted by Gasteiger charge is 2.31. The van der Waals surface area contributed by atoms with Crippen LogP contribution in [-0.2, 0) is 4.33 Å². The molecule has 1 aromatic rings. The maximum Gasteiger partial charge on any atom is 0.166 e. The molecule has 0 saturated heterocycles. The Labute approximate surface area is 99.9 Å². The Morgan fingerprint density at radius 2 is 1.75 bits per heavy atom. The van der Waals surface area contributed by atoms with E-state index in [1.54, 1.807) is 0 Å². The molecule has 0 aromatic heterocycles. The second kappa shape index (κ2) is 5.57. The van der Waals surface area contributed by atoms with Crippen molar-refractivity contribution in [1.82, 2.24) is 0 Å². The first-order valence-electron chi connectivity index (χ1n) is 5.58. The number of hydrogen-bond acceptors (Lipinski definition) is 4. The normalized spacial score (nSPS) is 19.3. The van der Waals surface area contributed by atoms with Crippen LogP contribution in [0.2, 0.25) is 0 Å². The van der Waals surface area contributed by atoms with Crippen LogP contribution in [0.3, 0.4) is 0 Å². The van der Waals surface area contributed by atoms with Gasteiger partial charge in [0.15, 0.2) is 5.75 Å². The smallest absolute Gasteiger partial charge is 0.166 e. The molecule has 16 heavy (non-hydrogen) atoms. The number of aliphatic hydroxyl groups is 1. The van der Waals surface area contributed by atoms with E-state index < -0.39 is 4.93 Å². The average molecular weight is 240 g/mol. The third-order valence-electron chi connectivity index (χ3n) is 2.70. The van der Waals surface area contributed by atoms with Crippen molar-refractivity contribution in [1.29, 1.82) is 0 Å². The molecule has 0 aliphatic heterocycles. The minimum absolute atomic E-state index is 0.648. The van der Waals surface area contributed by atoms with Gasteiger partial charge >= 0.3 is 0 Å². The Hall–Kier alpha value is -0.710. The molecule has 0 spiro atoms. The first kappa shape index (κ1) is 11.8. The minimum Gasteiger partial charge on any atom is -0.377 e. The van der Waals surface area contributed by atoms with E-state index >= 15 is 0 Å². The second-order valence-corrected chi connectivity index (χ2v) is 5.12. The van der Waals surface area contributed by atoms with Gasteiger partial charge in [0.25, 0.3) is 0 Å². The fourth-order valence-electron chi connectivity index (χ4n) is 1.78. The van der Waals surface area contributed by atoms with E-state index in [1.807, 2.05) is 30.3 Å². The average Bonchev–Trinajstić information content (AvgIpc) is 2.31. The summed E-state index contributed by atoms with van der Waals surface area (Å²) in [4.78, 5) is 4.31. The minimum atomic E-state index is -0.771. The van der Waals surface area contributed by atoms with Crippen LogP contribution in [0.1, 0.15) is 32.1 Å². The van der Waals surface area contributed by atoms with E-state index in [2.05, 4.69) is 0 Å². The lowest BCUT2D eigenvalue weighted by Crippen LogP contribution is -2.27. The van der Waals surface area contributed by atoms with Crippen molar-refractivity contribution in [2.45, 2.75) is 37.0 Å². The lowest BCUT2D eigenvalue weighted by atomic mass is 9.97. The number of rotatable bonds is 4. The van der Waals surface area contributed by atoms with Crippen molar-refractivity contribution in [2.24, 2.45) is 0 Å². The summed E-state index contributed by atoms with van der Waals surface area (Å²) in [6.45, 7) is 0. The van der Waals surface area contributed by atoms with Crippen molar-refractivity contribution in [3.63, 3.8) is 0 Å². The van der Waals surface area contributed by atoms with Gasteiger partial charge in [-0.15, -0.1) is 4.33 Å². The van der Waals surface area contributed by atoms with Gasteiger partial charge in [0.2, 0.25) is 0 Å². The van der Waals surface area contributed by atoms with Gasteiger partial charge in [0.05, 0.1) is 12.0 Å². The van der Waals surface area contributed by atoms with Crippen LogP contribution in [0.5, 0.6) is 5.75 Å². The summed E-state index contributed by atoms with van der Waals surface area (Å²) in [6, 6.07) is 9.28. The molecule has 0 atom stereocenters. The maximum atomic E-state index is 10.1. The fraction of sp³-hybridized carbons (Fsp3) is 0.500. The quantitative estimate of drug-likeness (QED) is 0.379. The molecule has 0 amide bonds. The number of hydrogen-bond donors (Lipinski definition) is 1. The zero-order chi connectivity index (χ0) is 11.3. The molecule has 3 nitrogen and oxygen atoms in total. The van der Waals surface area contributed by atoms with Crippen LogP contribution >= 0.6 is 12.0 Å². The molecule has 0 heterocycles. The van der Waals surface area contributed by atoms with Gasteiger partial charge in [-0.05, 0) is 37.8 Å². The summed E-state index contributed by atoms with van der Waals surface area (Å²) in [6.07, 6.45) is 4.85. The molecule has 2 rings (SSSR count). The zero-order valence-corrected chi connectivity index (χ0v) is 9.91.